The summed E-state index contributed by atoms with van der Waals surface area (Å²) in [5, 5.41) is 3.17. The highest BCUT2D eigenvalue weighted by molar-refractivity contribution is 6.36. The minimum Gasteiger partial charge on any atom is -0.497 e. The number of aromatic nitrogens is 1. The van der Waals surface area contributed by atoms with Gasteiger partial charge < -0.3 is 14.8 Å². The fraction of sp³-hybridized carbons (Fsp3) is 0.160. The van der Waals surface area contributed by atoms with Crippen LogP contribution in [-0.2, 0) is 16.1 Å². The Kier molecular flexibility index (Phi) is 5.89. The van der Waals surface area contributed by atoms with Crippen molar-refractivity contribution in [2.45, 2.75) is 13.5 Å². The van der Waals surface area contributed by atoms with Crippen LogP contribution in [0.3, 0.4) is 0 Å². The monoisotopic (exact) mass is 429 g/mol. The van der Waals surface area contributed by atoms with Gasteiger partial charge in [0, 0.05) is 12.4 Å². The maximum absolute atomic E-state index is 13.4. The molecule has 1 aliphatic heterocycles. The van der Waals surface area contributed by atoms with Crippen LogP contribution >= 0.6 is 0 Å². The lowest BCUT2D eigenvalue weighted by atomic mass is 10.0. The molecule has 2 aromatic carbocycles. The van der Waals surface area contributed by atoms with Gasteiger partial charge in [0.1, 0.15) is 17.2 Å². The van der Waals surface area contributed by atoms with Crippen molar-refractivity contribution in [1.82, 2.24) is 9.88 Å². The molecule has 2 amide bonds. The predicted molar refractivity (Wildman–Crippen MR) is 121 cm³/mol. The number of ether oxygens (including phenoxy) is 2. The molecule has 0 radical (unpaired) electrons. The Morgan fingerprint density at radius 3 is 2.41 bits per heavy atom. The number of methoxy groups -OCH3 is 2. The van der Waals surface area contributed by atoms with Crippen LogP contribution in [-0.4, -0.2) is 35.9 Å². The quantitative estimate of drug-likeness (QED) is 0.576. The molecular formula is C25H23N3O4. The highest BCUT2D eigenvalue weighted by Gasteiger charge is 2.39. The summed E-state index contributed by atoms with van der Waals surface area (Å²) in [4.78, 5) is 32.1. The number of aryl methyl sites for hydroxylation is 1. The van der Waals surface area contributed by atoms with E-state index in [1.807, 2.05) is 31.2 Å². The summed E-state index contributed by atoms with van der Waals surface area (Å²) in [5.41, 5.74) is 3.48. The van der Waals surface area contributed by atoms with E-state index in [0.717, 1.165) is 11.1 Å². The first kappa shape index (κ1) is 21.1. The van der Waals surface area contributed by atoms with Crippen LogP contribution in [0.25, 0.3) is 5.57 Å². The number of rotatable bonds is 7. The highest BCUT2D eigenvalue weighted by Crippen LogP contribution is 2.35. The van der Waals surface area contributed by atoms with E-state index >= 15 is 0 Å². The van der Waals surface area contributed by atoms with E-state index < -0.39 is 5.91 Å². The number of nitrogens with zero attached hydrogens (tertiary/aromatic N) is 2. The number of carbonyl (C=O) groups excluding carboxylic acids is 2. The second kappa shape index (κ2) is 8.93. The van der Waals surface area contributed by atoms with E-state index in [1.165, 1.54) is 4.90 Å². The second-order valence-corrected chi connectivity index (χ2v) is 7.36. The number of pyridine rings is 1. The summed E-state index contributed by atoms with van der Waals surface area (Å²) in [6.07, 6.45) is 3.29. The van der Waals surface area contributed by atoms with E-state index in [0.29, 0.717) is 28.3 Å². The van der Waals surface area contributed by atoms with Crippen LogP contribution in [0.1, 0.15) is 16.7 Å². The third-order valence-corrected chi connectivity index (χ3v) is 5.22. The molecule has 3 aromatic rings. The number of carbonyl (C=O) groups is 2. The fourth-order valence-corrected chi connectivity index (χ4v) is 3.59. The average molecular weight is 429 g/mol. The van der Waals surface area contributed by atoms with Crippen molar-refractivity contribution >= 4 is 23.1 Å². The summed E-state index contributed by atoms with van der Waals surface area (Å²) < 4.78 is 10.7. The van der Waals surface area contributed by atoms with Gasteiger partial charge in [-0.15, -0.1) is 0 Å². The Morgan fingerprint density at radius 1 is 0.969 bits per heavy atom. The maximum atomic E-state index is 13.4. The Labute approximate surface area is 186 Å². The van der Waals surface area contributed by atoms with Crippen molar-refractivity contribution in [2.75, 3.05) is 19.5 Å². The smallest absolute Gasteiger partial charge is 0.278 e. The summed E-state index contributed by atoms with van der Waals surface area (Å²) in [6.45, 7) is 2.07. The minimum absolute atomic E-state index is 0.126. The normalized spacial score (nSPS) is 13.5. The Bertz CT molecular complexity index is 1190. The summed E-state index contributed by atoms with van der Waals surface area (Å²) in [5.74, 6) is 0.447. The zero-order valence-corrected chi connectivity index (χ0v) is 18.1. The number of hydrogen-bond donors (Lipinski definition) is 1. The molecule has 4 rings (SSSR count). The van der Waals surface area contributed by atoms with Gasteiger partial charge in [-0.2, -0.15) is 0 Å². The molecule has 162 valence electrons. The molecule has 1 aliphatic rings. The molecule has 2 heterocycles. The molecule has 0 atom stereocenters. The van der Waals surface area contributed by atoms with Gasteiger partial charge in [0.25, 0.3) is 11.8 Å². The topological polar surface area (TPSA) is 80.8 Å². The first-order valence-corrected chi connectivity index (χ1v) is 10.1. The molecule has 0 bridgehead atoms. The van der Waals surface area contributed by atoms with Crippen molar-refractivity contribution in [3.05, 3.63) is 89.4 Å². The summed E-state index contributed by atoms with van der Waals surface area (Å²) >= 11 is 0. The molecular weight excluding hydrogens is 406 g/mol. The lowest BCUT2D eigenvalue weighted by molar-refractivity contribution is -0.137. The number of nitrogens with one attached hydrogen (secondary N) is 1. The number of benzene rings is 2. The van der Waals surface area contributed by atoms with Gasteiger partial charge >= 0.3 is 0 Å². The van der Waals surface area contributed by atoms with Gasteiger partial charge in [-0.1, -0.05) is 24.3 Å². The molecule has 1 aromatic heterocycles. The summed E-state index contributed by atoms with van der Waals surface area (Å²) in [7, 11) is 3.14. The van der Waals surface area contributed by atoms with Crippen LogP contribution < -0.4 is 14.8 Å². The molecule has 0 saturated heterocycles. The third-order valence-electron chi connectivity index (χ3n) is 5.22. The second-order valence-electron chi connectivity index (χ2n) is 7.36. The minimum atomic E-state index is -0.409. The van der Waals surface area contributed by atoms with Crippen molar-refractivity contribution in [1.29, 1.82) is 0 Å². The van der Waals surface area contributed by atoms with Gasteiger partial charge in [0.05, 0.1) is 32.0 Å². The van der Waals surface area contributed by atoms with Crippen molar-refractivity contribution in [3.8, 4) is 11.5 Å². The van der Waals surface area contributed by atoms with Gasteiger partial charge in [-0.3, -0.25) is 19.5 Å². The molecule has 32 heavy (non-hydrogen) atoms. The zero-order valence-electron chi connectivity index (χ0n) is 18.1. The largest absolute Gasteiger partial charge is 0.497 e. The van der Waals surface area contributed by atoms with Crippen LogP contribution in [0.15, 0.2) is 72.7 Å². The molecule has 0 spiro atoms. The van der Waals surface area contributed by atoms with Crippen LogP contribution in [0.4, 0.5) is 5.69 Å². The van der Waals surface area contributed by atoms with Crippen molar-refractivity contribution < 1.29 is 19.1 Å². The molecule has 0 saturated carbocycles. The van der Waals surface area contributed by atoms with E-state index in [4.69, 9.17) is 9.47 Å². The van der Waals surface area contributed by atoms with E-state index in [-0.39, 0.29) is 18.1 Å². The van der Waals surface area contributed by atoms with Crippen molar-refractivity contribution in [2.24, 2.45) is 0 Å². The highest BCUT2D eigenvalue weighted by atomic mass is 16.5. The van der Waals surface area contributed by atoms with E-state index in [2.05, 4.69) is 10.3 Å². The SMILES string of the molecule is COc1ccc(C2=C(Nc3cc(C)ccc3OC)C(=O)N(Cc3cccnc3)C2=O)cc1. The number of imide groups is 1. The number of hydrogen-bond acceptors (Lipinski definition) is 6. The van der Waals surface area contributed by atoms with Crippen molar-refractivity contribution in [3.63, 3.8) is 0 Å². The van der Waals surface area contributed by atoms with Crippen LogP contribution in [0.2, 0.25) is 0 Å². The van der Waals surface area contributed by atoms with Gasteiger partial charge in [0.15, 0.2) is 0 Å². The Morgan fingerprint density at radius 2 is 1.75 bits per heavy atom. The lowest BCUT2D eigenvalue weighted by Gasteiger charge is -2.16. The molecule has 0 aliphatic carbocycles. The third kappa shape index (κ3) is 4.05. The number of anilines is 1. The first-order chi connectivity index (χ1) is 15.5. The van der Waals surface area contributed by atoms with Gasteiger partial charge in [0.2, 0.25) is 0 Å². The standard InChI is InChI=1S/C25H23N3O4/c1-16-6-11-21(32-3)20(13-16)27-23-22(18-7-9-19(31-2)10-8-18)24(29)28(25(23)30)15-17-5-4-12-26-14-17/h4-14,27H,15H2,1-3H3. The molecule has 7 heteroatoms. The number of amides is 2. The Balaban J connectivity index is 1.78. The summed E-state index contributed by atoms with van der Waals surface area (Å²) in [6, 6.07) is 16.3. The molecule has 1 N–H and O–H groups in total. The molecule has 0 unspecified atom stereocenters. The van der Waals surface area contributed by atoms with Crippen LogP contribution in [0.5, 0.6) is 11.5 Å². The molecule has 0 fully saturated rings. The Hall–Kier alpha value is -4.13. The van der Waals surface area contributed by atoms with Gasteiger partial charge in [-0.05, 0) is 53.9 Å². The molecule has 7 nitrogen and oxygen atoms in total. The average Bonchev–Trinajstić information content (AvgIpc) is 3.04. The first-order valence-electron chi connectivity index (χ1n) is 10.1. The fourth-order valence-electron chi connectivity index (χ4n) is 3.59. The zero-order chi connectivity index (χ0) is 22.7. The lowest BCUT2D eigenvalue weighted by Crippen LogP contribution is -2.32. The van der Waals surface area contributed by atoms with E-state index in [1.54, 1.807) is 56.9 Å². The predicted octanol–water partition coefficient (Wildman–Crippen LogP) is 3.80. The van der Waals surface area contributed by atoms with Crippen LogP contribution in [0, 0.1) is 6.92 Å². The van der Waals surface area contributed by atoms with Gasteiger partial charge in [-0.25, -0.2) is 0 Å². The maximum Gasteiger partial charge on any atom is 0.278 e. The van der Waals surface area contributed by atoms with E-state index in [9.17, 15) is 9.59 Å².